The minimum Gasteiger partial charge on any atom is -1.00 e. The third-order valence-corrected chi connectivity index (χ3v) is 32.4. The summed E-state index contributed by atoms with van der Waals surface area (Å²) >= 11 is 28.0. The molecule has 10 heterocycles. The minimum absolute atomic E-state index is 0. The zero-order chi connectivity index (χ0) is 97.7. The van der Waals surface area contributed by atoms with Crippen molar-refractivity contribution in [1.29, 1.82) is 0 Å². The Labute approximate surface area is 875 Å². The van der Waals surface area contributed by atoms with Gasteiger partial charge in [-0.2, -0.15) is 9.67 Å². The predicted octanol–water partition coefficient (Wildman–Crippen LogP) is 22.4. The van der Waals surface area contributed by atoms with Crippen LogP contribution in [0.25, 0.3) is 61.7 Å². The van der Waals surface area contributed by atoms with E-state index in [-0.39, 0.29) is 66.5 Å². The molecule has 32 heteroatoms. The van der Waals surface area contributed by atoms with E-state index in [2.05, 4.69) is 231 Å². The first kappa shape index (κ1) is 106. The largest absolute Gasteiger partial charge is 1.00 e. The Bertz CT molecular complexity index is 6640. The summed E-state index contributed by atoms with van der Waals surface area (Å²) in [6, 6.07) is 60.7. The predicted molar refractivity (Wildman–Crippen MR) is 595 cm³/mol. The number of rotatable bonds is 22. The summed E-state index contributed by atoms with van der Waals surface area (Å²) in [5, 5.41) is 32.6. The second-order valence-corrected chi connectivity index (χ2v) is 43.1. The molecule has 10 aromatic rings. The molecule has 0 bridgehead atoms. The van der Waals surface area contributed by atoms with E-state index >= 15 is 0 Å². The van der Waals surface area contributed by atoms with Crippen molar-refractivity contribution in [2.45, 2.75) is 104 Å². The van der Waals surface area contributed by atoms with E-state index in [0.29, 0.717) is 47.3 Å². The summed E-state index contributed by atoms with van der Waals surface area (Å²) in [5.74, 6) is -2.16. The average Bonchev–Trinajstić information content (AvgIpc) is 1.61. The monoisotopic (exact) mass is 2160 g/mol. The second-order valence-electron chi connectivity index (χ2n) is 33.1. The number of hydrogen-bond donors (Lipinski definition) is 2. The fourth-order valence-corrected chi connectivity index (χ4v) is 25.4. The van der Waals surface area contributed by atoms with Gasteiger partial charge in [0, 0.05) is 125 Å². The number of nitrogens with zero attached hydrogens (tertiary/aromatic N) is 13. The van der Waals surface area contributed by atoms with E-state index in [4.69, 9.17) is 46.9 Å². The Morgan fingerprint density at radius 2 is 1.12 bits per heavy atom. The molecule has 3 amide bonds. The quantitative estimate of drug-likeness (QED) is 0.0213. The van der Waals surface area contributed by atoms with Crippen LogP contribution in [0.2, 0.25) is 0 Å². The lowest BCUT2D eigenvalue weighted by atomic mass is 9.75. The normalized spacial score (nSPS) is 18.2. The summed E-state index contributed by atoms with van der Waals surface area (Å²) in [4.78, 5) is 87.0. The van der Waals surface area contributed by atoms with E-state index in [1.54, 1.807) is 22.3 Å². The summed E-state index contributed by atoms with van der Waals surface area (Å²) in [6.45, 7) is 27.9. The number of halogens is 1. The summed E-state index contributed by atoms with van der Waals surface area (Å²) in [5.41, 5.74) is 17.9. The van der Waals surface area contributed by atoms with E-state index in [9.17, 15) is 24.0 Å². The van der Waals surface area contributed by atoms with Crippen LogP contribution in [-0.4, -0.2) is 167 Å². The first-order valence-electron chi connectivity index (χ1n) is 44.9. The molecule has 7 aromatic carbocycles. The van der Waals surface area contributed by atoms with Gasteiger partial charge in [0.25, 0.3) is 22.7 Å². The van der Waals surface area contributed by atoms with Crippen molar-refractivity contribution in [1.82, 2.24) is 34.6 Å². The molecule has 714 valence electrons. The molecule has 18 rings (SSSR count). The number of aryl methyl sites for hydroxylation is 1. The van der Waals surface area contributed by atoms with Gasteiger partial charge >= 0.3 is 11.9 Å². The number of pyridine rings is 1. The molecule has 7 aliphatic heterocycles. The van der Waals surface area contributed by atoms with Gasteiger partial charge in [0.05, 0.1) is 66.3 Å². The van der Waals surface area contributed by atoms with Gasteiger partial charge in [-0.25, -0.2) is 4.98 Å². The number of hydrazone groups is 1. The standard InChI is InChI=1S/C28H31N2S2.C19H18N2.C17H16N2S.C16H14N2O3S3.C14H17N3OS2.C12H14N2O3S3.HI/c1-5-29-22-11-7-9-13-24(22)31-26(29)16-20-15-21(19-28(3,4)18-20)17-27-30(6-2)23-12-8-10-14-25(23)32-27;1-21(2)17-11-8-15(9-12-17)7-10-16-13-14-20-19-6-4-3-5-18(16)19;1-19(2)14-10-7-13(8-11-14)9-12-17-18-15-5-3-4-6-16(15)20-17;1-2-8-18-14(21)13(24-16(18)22)15-17(9-7-12(19)20)10-5-3-4-6-11(10)23-15;1-4-16-13(18)12(20-14(16)19)9-8-11-7-6-10(3)15-17(11)5-2;1-3-13-7(2)6-19-11(13)9-10(17)14(12(18)20-9)5-4-8(15)16;/h7-17H,5-6,18-19H2,1-4H3;3-14H,1-2H3;3-12H,1-2H3;2-6H,1,7-9H2,(H,19,20);6-9H,4-5H2,1-3H3;6H,3-5H2,1-2H3,(H,15,16);1H/q+1;;;;;;/p-1/b;10-7+;12-9+;15-13-;11-8+,12-9+;11-9-;. The van der Waals surface area contributed by atoms with Crippen LogP contribution in [-0.2, 0) is 30.5 Å². The fourth-order valence-electron chi connectivity index (χ4n) is 15.6. The highest BCUT2D eigenvalue weighted by Gasteiger charge is 2.41. The van der Waals surface area contributed by atoms with Crippen LogP contribution in [0.4, 0.5) is 22.7 Å². The van der Waals surface area contributed by atoms with Gasteiger partial charge in [-0.3, -0.25) is 48.7 Å². The highest BCUT2D eigenvalue weighted by molar-refractivity contribution is 8.28. The molecule has 0 saturated carbocycles. The number of carbonyl (C=O) groups excluding carboxylic acids is 3. The summed E-state index contributed by atoms with van der Waals surface area (Å²) in [7, 11) is 8.19. The van der Waals surface area contributed by atoms with Crippen LogP contribution >= 0.6 is 130 Å². The molecule has 0 unspecified atom stereocenters. The van der Waals surface area contributed by atoms with Crippen molar-refractivity contribution in [3.63, 3.8) is 0 Å². The van der Waals surface area contributed by atoms with Crippen molar-refractivity contribution in [3.8, 4) is 0 Å². The number of aromatic nitrogens is 3. The van der Waals surface area contributed by atoms with Crippen LogP contribution in [0.3, 0.4) is 0 Å². The molecule has 0 spiro atoms. The number of likely N-dealkylation sites (N-methyl/N-ethyl adjacent to an activating group) is 2. The number of hydrogen-bond acceptors (Lipinski definition) is 25. The highest BCUT2D eigenvalue weighted by atomic mass is 127. The molecule has 3 saturated heterocycles. The smallest absolute Gasteiger partial charge is 0.305 e. The zero-order valence-electron chi connectivity index (χ0n) is 79.1. The number of carboxylic acid groups (broad SMARTS) is 2. The number of fused-ring (bicyclic) bond motifs is 5. The number of carboxylic acids is 2. The Morgan fingerprint density at radius 1 is 0.558 bits per heavy atom. The lowest BCUT2D eigenvalue weighted by Gasteiger charge is -2.31. The van der Waals surface area contributed by atoms with Gasteiger partial charge in [0.1, 0.15) is 44.1 Å². The van der Waals surface area contributed by atoms with Gasteiger partial charge in [-0.1, -0.05) is 254 Å². The Balaban J connectivity index is 0.000000150. The summed E-state index contributed by atoms with van der Waals surface area (Å²) < 4.78 is 6.60. The number of carbonyl (C=O) groups is 5. The van der Waals surface area contributed by atoms with Crippen LogP contribution in [0.15, 0.2) is 304 Å². The molecule has 1 aliphatic carbocycles. The van der Waals surface area contributed by atoms with Crippen LogP contribution in [0, 0.1) is 5.41 Å². The molecule has 2 N–H and O–H groups in total. The SMILES string of the molecule is C=CCN1C(=O)/C(=C2/Sc3ccccc3N2CCC(=O)O)SC1=S.CCN1/C(=C/C2=CC(=C/c3sc4ccccc4[n+]3CC)/CC(C)(C)C2)Sc2ccccc21.CCN1C(=O)/C(=C\C=C2/C=CC(C)=NN2CC)SC1=S.CCN1C(C)=CS/C1=C1\SC(=S)N(CCC(=O)O)C1=O.CN(C)c1ccc(/C=C/c2ccnc3ccccc23)cc1.CN(C)c1ccc(/C=C/c2nc3ccccc3s2)cc1.[I-]. The number of thioether (sulfide) groups is 6. The number of allylic oxidation sites excluding steroid dienone is 9. The first-order chi connectivity index (χ1) is 66.0. The van der Waals surface area contributed by atoms with Crippen LogP contribution in [0.1, 0.15) is 115 Å². The van der Waals surface area contributed by atoms with Crippen molar-refractivity contribution in [2.75, 3.05) is 93.6 Å². The molecule has 8 aliphatic rings. The highest BCUT2D eigenvalue weighted by Crippen LogP contribution is 2.52. The van der Waals surface area contributed by atoms with E-state index in [1.807, 2.05) is 192 Å². The van der Waals surface area contributed by atoms with E-state index in [0.717, 1.165) is 92.8 Å². The van der Waals surface area contributed by atoms with Crippen molar-refractivity contribution in [3.05, 3.63) is 316 Å². The van der Waals surface area contributed by atoms with Crippen molar-refractivity contribution >= 4 is 263 Å². The second kappa shape index (κ2) is 50.1. The molecule has 3 aromatic heterocycles. The molecule has 0 atom stereocenters. The molecule has 0 radical (unpaired) electrons. The molecule has 3 fully saturated rings. The number of para-hydroxylation sites is 5. The topological polar surface area (TPSA) is 197 Å². The molecule has 20 nitrogen and oxygen atoms in total. The Hall–Kier alpha value is -10.5. The average molecular weight is 2160 g/mol. The van der Waals surface area contributed by atoms with Crippen molar-refractivity contribution < 1.29 is 62.7 Å². The summed E-state index contributed by atoms with van der Waals surface area (Å²) in [6.07, 6.45) is 29.1. The van der Waals surface area contributed by atoms with E-state index < -0.39 is 11.9 Å². The third kappa shape index (κ3) is 27.0. The zero-order valence-corrected chi connectivity index (χ0v) is 90.3. The Morgan fingerprint density at radius 3 is 1.74 bits per heavy atom. The number of anilines is 4. The number of amides is 3. The maximum Gasteiger partial charge on any atom is 0.305 e. The molecular formula is C106H110IN13O7S11. The minimum atomic E-state index is -0.936. The third-order valence-electron chi connectivity index (χ3n) is 22.3. The van der Waals surface area contributed by atoms with Gasteiger partial charge < -0.3 is 58.7 Å². The molecular weight excluding hydrogens is 2050 g/mol. The lowest BCUT2D eigenvalue weighted by molar-refractivity contribution is -0.665. The number of aliphatic carboxylic acids is 2. The van der Waals surface area contributed by atoms with Gasteiger partial charge in [0.15, 0.2) is 0 Å². The molecule has 138 heavy (non-hydrogen) atoms. The number of benzene rings is 7. The van der Waals surface area contributed by atoms with Crippen LogP contribution < -0.4 is 48.1 Å². The number of thiocarbonyl (C=S) groups is 3. The van der Waals surface area contributed by atoms with Crippen molar-refractivity contribution in [2.24, 2.45) is 10.5 Å². The maximum atomic E-state index is 12.7. The van der Waals surface area contributed by atoms with Gasteiger partial charge in [-0.15, -0.1) is 17.9 Å². The fraction of sp³-hybridized carbons (Fsp3) is 0.245. The first-order valence-corrected chi connectivity index (χ1v) is 52.7. The lowest BCUT2D eigenvalue weighted by Crippen LogP contribution is -3.00. The Kier molecular flexibility index (Phi) is 38.6. The van der Waals surface area contributed by atoms with Gasteiger partial charge in [0.2, 0.25) is 5.52 Å². The number of thiazole rings is 2. The van der Waals surface area contributed by atoms with Crippen LogP contribution in [0.5, 0.6) is 0 Å². The van der Waals surface area contributed by atoms with E-state index in [1.165, 1.54) is 149 Å². The maximum absolute atomic E-state index is 12.7. The van der Waals surface area contributed by atoms with Gasteiger partial charge in [-0.05, 0) is 215 Å².